The highest BCUT2D eigenvalue weighted by Gasteiger charge is 2.41. The van der Waals surface area contributed by atoms with Crippen LogP contribution in [0.5, 0.6) is 0 Å². The van der Waals surface area contributed by atoms with Crippen molar-refractivity contribution in [1.29, 1.82) is 0 Å². The Morgan fingerprint density at radius 1 is 1.42 bits per heavy atom. The minimum atomic E-state index is -0.171. The zero-order chi connectivity index (χ0) is 13.3. The van der Waals surface area contributed by atoms with Crippen molar-refractivity contribution in [2.75, 3.05) is 25.6 Å². The van der Waals surface area contributed by atoms with E-state index >= 15 is 0 Å². The summed E-state index contributed by atoms with van der Waals surface area (Å²) in [6, 6.07) is 0. The van der Waals surface area contributed by atoms with Gasteiger partial charge in [-0.05, 0) is 25.7 Å². The molecule has 1 unspecified atom stereocenters. The van der Waals surface area contributed by atoms with E-state index in [1.807, 2.05) is 0 Å². The van der Waals surface area contributed by atoms with Crippen molar-refractivity contribution in [1.82, 2.24) is 10.2 Å². The van der Waals surface area contributed by atoms with Gasteiger partial charge in [-0.3, -0.25) is 9.89 Å². The van der Waals surface area contributed by atoms with E-state index in [-0.39, 0.29) is 17.3 Å². The highest BCUT2D eigenvalue weighted by atomic mass is 16.5. The summed E-state index contributed by atoms with van der Waals surface area (Å²) in [5.74, 6) is 0.421. The van der Waals surface area contributed by atoms with E-state index in [0.717, 1.165) is 38.9 Å². The van der Waals surface area contributed by atoms with Gasteiger partial charge in [0, 0.05) is 25.7 Å². The minimum Gasteiger partial charge on any atom is -0.383 e. The summed E-state index contributed by atoms with van der Waals surface area (Å²) in [6.45, 7) is 2.07. The van der Waals surface area contributed by atoms with Crippen LogP contribution in [0.1, 0.15) is 36.0 Å². The van der Waals surface area contributed by atoms with E-state index in [9.17, 15) is 4.79 Å². The summed E-state index contributed by atoms with van der Waals surface area (Å²) in [7, 11) is 0. The largest absolute Gasteiger partial charge is 0.383 e. The van der Waals surface area contributed by atoms with Crippen LogP contribution in [0.15, 0.2) is 6.20 Å². The number of Topliss-reactive ketones (excluding diaryl/α,β-unsaturated/α-hetero) is 1. The molecule has 2 aliphatic rings. The van der Waals surface area contributed by atoms with Gasteiger partial charge in [0.2, 0.25) is 0 Å². The molecule has 0 bridgehead atoms. The van der Waals surface area contributed by atoms with Crippen molar-refractivity contribution in [2.45, 2.75) is 31.3 Å². The van der Waals surface area contributed by atoms with Crippen LogP contribution in [0.3, 0.4) is 0 Å². The molecule has 3 N–H and O–H groups in total. The molecule has 1 aromatic heterocycles. The Morgan fingerprint density at radius 3 is 2.89 bits per heavy atom. The summed E-state index contributed by atoms with van der Waals surface area (Å²) < 4.78 is 11.3. The van der Waals surface area contributed by atoms with E-state index in [0.29, 0.717) is 18.0 Å². The number of nitrogens with one attached hydrogen (secondary N) is 1. The van der Waals surface area contributed by atoms with Crippen LogP contribution in [-0.4, -0.2) is 41.4 Å². The van der Waals surface area contributed by atoms with Gasteiger partial charge in [-0.1, -0.05) is 0 Å². The Morgan fingerprint density at radius 2 is 2.21 bits per heavy atom. The summed E-state index contributed by atoms with van der Waals surface area (Å²) in [5, 5.41) is 6.43. The van der Waals surface area contributed by atoms with Crippen LogP contribution in [0.25, 0.3) is 0 Å². The molecule has 1 aromatic rings. The van der Waals surface area contributed by atoms with Crippen molar-refractivity contribution >= 4 is 11.6 Å². The van der Waals surface area contributed by atoms with E-state index < -0.39 is 0 Å². The molecular weight excluding hydrogens is 246 g/mol. The fourth-order valence-corrected chi connectivity index (χ4v) is 3.06. The smallest absolute Gasteiger partial charge is 0.171 e. The number of anilines is 1. The lowest BCUT2D eigenvalue weighted by molar-refractivity contribution is -0.142. The number of ketones is 1. The number of aromatic amines is 1. The number of nitrogens with two attached hydrogens (primary N) is 1. The standard InChI is InChI=1S/C13H19N3O3/c14-12-10(8-15-16-12)11(17)9-1-4-19-13(7-9)2-5-18-6-3-13/h8-9H,1-7H2,(H3,14,15,16). The summed E-state index contributed by atoms with van der Waals surface area (Å²) in [4.78, 5) is 12.5. The van der Waals surface area contributed by atoms with E-state index in [4.69, 9.17) is 15.2 Å². The molecule has 0 radical (unpaired) electrons. The molecule has 104 valence electrons. The molecule has 2 fully saturated rings. The Balaban J connectivity index is 1.74. The third-order valence-electron chi connectivity index (χ3n) is 4.20. The second-order valence-corrected chi connectivity index (χ2v) is 5.40. The predicted octanol–water partition coefficient (Wildman–Crippen LogP) is 1.15. The maximum absolute atomic E-state index is 12.5. The summed E-state index contributed by atoms with van der Waals surface area (Å²) >= 11 is 0. The SMILES string of the molecule is Nc1[nH]ncc1C(=O)C1CCOC2(CCOCC2)C1. The molecule has 2 aliphatic heterocycles. The third-order valence-corrected chi connectivity index (χ3v) is 4.20. The lowest BCUT2D eigenvalue weighted by Gasteiger charge is -2.42. The predicted molar refractivity (Wildman–Crippen MR) is 68.8 cm³/mol. The van der Waals surface area contributed by atoms with Crippen LogP contribution < -0.4 is 5.73 Å². The van der Waals surface area contributed by atoms with Gasteiger partial charge in [-0.2, -0.15) is 5.10 Å². The number of carbonyl (C=O) groups excluding carboxylic acids is 1. The maximum Gasteiger partial charge on any atom is 0.171 e. The first kappa shape index (κ1) is 12.6. The zero-order valence-corrected chi connectivity index (χ0v) is 10.9. The molecule has 0 amide bonds. The quantitative estimate of drug-likeness (QED) is 0.783. The Hall–Kier alpha value is -1.40. The van der Waals surface area contributed by atoms with Crippen LogP contribution in [-0.2, 0) is 9.47 Å². The normalized spacial score (nSPS) is 26.4. The molecule has 6 heteroatoms. The monoisotopic (exact) mass is 265 g/mol. The fourth-order valence-electron chi connectivity index (χ4n) is 3.06. The molecule has 0 aromatic carbocycles. The van der Waals surface area contributed by atoms with E-state index in [1.54, 1.807) is 0 Å². The van der Waals surface area contributed by atoms with Crippen LogP contribution in [0.2, 0.25) is 0 Å². The van der Waals surface area contributed by atoms with E-state index in [1.165, 1.54) is 6.20 Å². The van der Waals surface area contributed by atoms with Gasteiger partial charge in [0.1, 0.15) is 5.82 Å². The maximum atomic E-state index is 12.5. The second kappa shape index (κ2) is 4.94. The van der Waals surface area contributed by atoms with Crippen molar-refractivity contribution in [3.8, 4) is 0 Å². The van der Waals surface area contributed by atoms with Gasteiger partial charge in [0.15, 0.2) is 5.78 Å². The first-order valence-electron chi connectivity index (χ1n) is 6.75. The van der Waals surface area contributed by atoms with Crippen molar-refractivity contribution < 1.29 is 14.3 Å². The molecule has 1 atom stereocenters. The van der Waals surface area contributed by atoms with Crippen LogP contribution in [0, 0.1) is 5.92 Å². The first-order chi connectivity index (χ1) is 9.20. The number of nitrogen functional groups attached to an aromatic ring is 1. The summed E-state index contributed by atoms with van der Waals surface area (Å²) in [5.41, 5.74) is 6.07. The fraction of sp³-hybridized carbons (Fsp3) is 0.692. The molecule has 1 spiro atoms. The number of nitrogens with zero attached hydrogens (tertiary/aromatic N) is 1. The molecular formula is C13H19N3O3. The molecule has 0 aliphatic carbocycles. The highest BCUT2D eigenvalue weighted by Crippen LogP contribution is 2.38. The van der Waals surface area contributed by atoms with Crippen molar-refractivity contribution in [2.24, 2.45) is 5.92 Å². The number of aromatic nitrogens is 2. The number of H-pyrrole nitrogens is 1. The van der Waals surface area contributed by atoms with E-state index in [2.05, 4.69) is 10.2 Å². The zero-order valence-electron chi connectivity index (χ0n) is 10.9. The molecule has 2 saturated heterocycles. The number of hydrogen-bond donors (Lipinski definition) is 2. The number of rotatable bonds is 2. The van der Waals surface area contributed by atoms with Gasteiger partial charge in [-0.25, -0.2) is 0 Å². The van der Waals surface area contributed by atoms with Gasteiger partial charge in [-0.15, -0.1) is 0 Å². The average Bonchev–Trinajstić information content (AvgIpc) is 2.85. The molecule has 19 heavy (non-hydrogen) atoms. The number of ether oxygens (including phenoxy) is 2. The van der Waals surface area contributed by atoms with Gasteiger partial charge >= 0.3 is 0 Å². The van der Waals surface area contributed by atoms with Gasteiger partial charge in [0.25, 0.3) is 0 Å². The number of carbonyl (C=O) groups is 1. The molecule has 3 rings (SSSR count). The first-order valence-corrected chi connectivity index (χ1v) is 6.75. The Labute approximate surface area is 111 Å². The minimum absolute atomic E-state index is 0.0215. The topological polar surface area (TPSA) is 90.2 Å². The lowest BCUT2D eigenvalue weighted by Crippen LogP contribution is -2.45. The van der Waals surface area contributed by atoms with Gasteiger partial charge < -0.3 is 15.2 Å². The van der Waals surface area contributed by atoms with Crippen molar-refractivity contribution in [3.63, 3.8) is 0 Å². The lowest BCUT2D eigenvalue weighted by atomic mass is 9.78. The summed E-state index contributed by atoms with van der Waals surface area (Å²) in [6.07, 6.45) is 4.78. The second-order valence-electron chi connectivity index (χ2n) is 5.40. The Bertz CT molecular complexity index is 460. The molecule has 3 heterocycles. The molecule has 6 nitrogen and oxygen atoms in total. The van der Waals surface area contributed by atoms with Crippen molar-refractivity contribution in [3.05, 3.63) is 11.8 Å². The third kappa shape index (κ3) is 2.37. The Kier molecular flexibility index (Phi) is 3.28. The van der Waals surface area contributed by atoms with Crippen LogP contribution in [0.4, 0.5) is 5.82 Å². The molecule has 0 saturated carbocycles. The van der Waals surface area contributed by atoms with Crippen LogP contribution >= 0.6 is 0 Å². The number of hydrogen-bond acceptors (Lipinski definition) is 5. The average molecular weight is 265 g/mol. The highest BCUT2D eigenvalue weighted by molar-refractivity contribution is 6.01. The van der Waals surface area contributed by atoms with Gasteiger partial charge in [0.05, 0.1) is 17.4 Å².